The summed E-state index contributed by atoms with van der Waals surface area (Å²) in [6.45, 7) is -63.2. The van der Waals surface area contributed by atoms with E-state index in [2.05, 4.69) is 28.4 Å². The van der Waals surface area contributed by atoms with Crippen LogP contribution in [0.1, 0.15) is 46.2 Å². The van der Waals surface area contributed by atoms with E-state index < -0.39 is 419 Å². The molecule has 750 valence electrons. The van der Waals surface area contributed by atoms with Crippen LogP contribution in [0.15, 0.2) is 0 Å². The quantitative estimate of drug-likeness (QED) is 0.0275. The lowest BCUT2D eigenvalue weighted by Gasteiger charge is -2.33. The Balaban J connectivity index is 5.41. The molecular formula is C67H104F24O35. The molecule has 0 aliphatic rings. The van der Waals surface area contributed by atoms with Crippen LogP contribution >= 0.6 is 0 Å². The van der Waals surface area contributed by atoms with Crippen molar-refractivity contribution < 1.29 is 280 Å². The molecule has 126 heavy (non-hydrogen) atoms. The van der Waals surface area contributed by atoms with Gasteiger partial charge in [0.1, 0.15) is 183 Å². The van der Waals surface area contributed by atoms with Crippen LogP contribution in [0, 0.1) is 0 Å². The van der Waals surface area contributed by atoms with Gasteiger partial charge >= 0.3 is 71.1 Å². The minimum Gasteiger partial charge on any atom is -0.394 e. The molecule has 1 aromatic carbocycles. The van der Waals surface area contributed by atoms with E-state index in [0.717, 1.165) is 0 Å². The number of aliphatic hydroxyl groups is 24. The Morgan fingerprint density at radius 1 is 0.175 bits per heavy atom. The Bertz CT molecular complexity index is 2600. The maximum absolute atomic E-state index is 16.3. The van der Waals surface area contributed by atoms with Gasteiger partial charge in [-0.25, -0.2) is 0 Å². The van der Waals surface area contributed by atoms with Gasteiger partial charge in [-0.1, -0.05) is 0 Å². The summed E-state index contributed by atoms with van der Waals surface area (Å²) < 4.78 is 435. The van der Waals surface area contributed by atoms with E-state index in [-0.39, 0.29) is 0 Å². The van der Waals surface area contributed by atoms with Gasteiger partial charge in [-0.3, -0.25) is 0 Å². The van der Waals surface area contributed by atoms with E-state index in [1.165, 1.54) is 0 Å². The molecule has 0 aliphatic carbocycles. The first-order valence-corrected chi connectivity index (χ1v) is 36.7. The highest BCUT2D eigenvalue weighted by Gasteiger charge is 2.63. The van der Waals surface area contributed by atoms with Gasteiger partial charge < -0.3 is 175 Å². The summed E-state index contributed by atoms with van der Waals surface area (Å²) in [6.07, 6.45) is -53.1. The molecule has 24 N–H and O–H groups in total. The highest BCUT2D eigenvalue weighted by Crippen LogP contribution is 2.45. The largest absolute Gasteiger partial charge is 0.394 e. The van der Waals surface area contributed by atoms with Crippen molar-refractivity contribution in [2.24, 2.45) is 0 Å². The second-order valence-electron chi connectivity index (χ2n) is 28.3. The molecule has 0 heterocycles. The van der Waals surface area contributed by atoms with Gasteiger partial charge in [-0.05, 0) is 46.2 Å². The van der Waals surface area contributed by atoms with Gasteiger partial charge in [0.15, 0.2) is 0 Å². The van der Waals surface area contributed by atoms with Crippen molar-refractivity contribution in [1.29, 1.82) is 0 Å². The van der Waals surface area contributed by atoms with Gasteiger partial charge in [0.25, 0.3) is 0 Å². The molecule has 0 saturated carbocycles. The van der Waals surface area contributed by atoms with Crippen LogP contribution in [0.4, 0.5) is 105 Å². The Kier molecular flexibility index (Phi) is 50.3. The molecule has 12 unspecified atom stereocenters. The lowest BCUT2D eigenvalue weighted by molar-refractivity contribution is -0.267. The van der Waals surface area contributed by atoms with Crippen LogP contribution in [0.3, 0.4) is 0 Å². The van der Waals surface area contributed by atoms with Gasteiger partial charge in [-0.2, -0.15) is 105 Å². The summed E-state index contributed by atoms with van der Waals surface area (Å²) in [7, 11) is 0. The van der Waals surface area contributed by atoms with Crippen LogP contribution in [0.2, 0.25) is 0 Å². The fourth-order valence-corrected chi connectivity index (χ4v) is 10.8. The lowest BCUT2D eigenvalue weighted by atomic mass is 9.84. The monoisotopic (exact) mass is 1920 g/mol. The number of hydrogen-bond acceptors (Lipinski definition) is 35. The minimum atomic E-state index is -6.02. The average molecular weight is 1930 g/mol. The molecule has 0 aromatic heterocycles. The summed E-state index contributed by atoms with van der Waals surface area (Å²) in [5.41, 5.74) is -10.7. The number of aliphatic hydroxyl groups excluding tert-OH is 24. The van der Waals surface area contributed by atoms with Crippen LogP contribution in [0.5, 0.6) is 0 Å². The van der Waals surface area contributed by atoms with Crippen molar-refractivity contribution in [3.63, 3.8) is 0 Å². The second-order valence-corrected chi connectivity index (χ2v) is 28.3. The number of alkyl halides is 24. The molecule has 0 saturated heterocycles. The first kappa shape index (κ1) is 120. The van der Waals surface area contributed by atoms with E-state index in [9.17, 15) is 123 Å². The van der Waals surface area contributed by atoms with E-state index >= 15 is 105 Å². The number of rotatable bonds is 72. The van der Waals surface area contributed by atoms with E-state index in [4.69, 9.17) is 23.7 Å². The molecule has 1 rings (SSSR count). The normalized spacial score (nSPS) is 18.3. The number of halogens is 24. The SMILES string of the molecule is OCC(O)C(OCC(F)(F)C(F)(F)CCCc1c(COCC(F)(F)C(F)(F)COC(C(O)CO)C(O)CO)c(COCC(F)(F)C(F)(F)COC(C(O)CO)C(O)CO)c(COCC(F)(F)C(F)(F)COC(C(O)CO)C(O)CO)c(COCC(F)(F)C(F)(F)COC(C(O)CO)C(O)CO)c1COCC(F)(F)C(F)(F)COC(C(O)CO)C(O)CO)C(O)CO. The lowest BCUT2D eigenvalue weighted by Crippen LogP contribution is -2.51. The minimum absolute atomic E-state index is 1.56. The van der Waals surface area contributed by atoms with Crippen LogP contribution in [0.25, 0.3) is 0 Å². The molecule has 0 amide bonds. The zero-order valence-electron chi connectivity index (χ0n) is 65.6. The fourth-order valence-electron chi connectivity index (χ4n) is 10.8. The smallest absolute Gasteiger partial charge is 0.335 e. The second kappa shape index (κ2) is 52.7. The molecule has 0 spiro atoms. The van der Waals surface area contributed by atoms with Crippen molar-refractivity contribution in [2.45, 2.75) is 233 Å². The van der Waals surface area contributed by atoms with Gasteiger partial charge in [0, 0.05) is 6.42 Å². The van der Waals surface area contributed by atoms with Crippen LogP contribution in [-0.2, 0) is 91.6 Å². The number of hydrogen-bond donors (Lipinski definition) is 24. The maximum Gasteiger partial charge on any atom is 0.335 e. The molecule has 0 radical (unpaired) electrons. The standard InChI is InChI=1S/C67H104F24O35/c68-56(69,62(80,81)26-121-50(38(104)4-92)39(105)5-93)3-1-2-32-33(16-116-21-57(70,71)63(82,83)27-122-51(40(106)6-94)41(107)7-95)35(18-118-23-59(74,75)65(86,87)29-124-53(44(110)10-98)45(111)11-99)37(20-120-25-61(78,79)67(90,91)31-126-55(48(114)14-102)49(115)15-103)36(19-119-24-60(76,77)66(88,89)30-125-54(46(112)12-100)47(113)13-101)34(32)17-117-22-58(72,73)64(84,85)28-123-52(42(108)8-96)43(109)9-97/h38-55,92-115H,1-31H2. The average Bonchev–Trinajstić information content (AvgIpc) is 0.759. The van der Waals surface area contributed by atoms with Crippen LogP contribution < -0.4 is 0 Å². The van der Waals surface area contributed by atoms with Gasteiger partial charge in [0.2, 0.25) is 0 Å². The molecule has 0 fully saturated rings. The first-order chi connectivity index (χ1) is 58.0. The predicted molar refractivity (Wildman–Crippen MR) is 363 cm³/mol. The predicted octanol–water partition coefficient (Wildman–Crippen LogP) is -4.23. The maximum atomic E-state index is 16.3. The van der Waals surface area contributed by atoms with Crippen molar-refractivity contribution in [2.75, 3.05) is 152 Å². The number of benzene rings is 1. The molecule has 59 heteroatoms. The third kappa shape index (κ3) is 33.9. The zero-order chi connectivity index (χ0) is 97.6. The third-order valence-electron chi connectivity index (χ3n) is 18.5. The highest BCUT2D eigenvalue weighted by molar-refractivity contribution is 5.52. The summed E-state index contributed by atoms with van der Waals surface area (Å²) in [6, 6.07) is 0. The molecule has 1 aromatic rings. The topological polar surface area (TPSA) is 587 Å². The molecular weight excluding hydrogens is 1820 g/mol. The van der Waals surface area contributed by atoms with Crippen molar-refractivity contribution >= 4 is 0 Å². The van der Waals surface area contributed by atoms with Crippen molar-refractivity contribution in [1.82, 2.24) is 0 Å². The van der Waals surface area contributed by atoms with Gasteiger partial charge in [0.05, 0.1) is 112 Å². The molecule has 0 bridgehead atoms. The highest BCUT2D eigenvalue weighted by atomic mass is 19.4. The Hall–Kier alpha value is -3.86. The molecule has 35 nitrogen and oxygen atoms in total. The first-order valence-electron chi connectivity index (χ1n) is 36.7. The number of ether oxygens (including phenoxy) is 11. The Labute approximate surface area is 697 Å². The summed E-state index contributed by atoms with van der Waals surface area (Å²) in [5.74, 6) is -71.2. The Morgan fingerprint density at radius 3 is 0.429 bits per heavy atom. The van der Waals surface area contributed by atoms with E-state index in [1.807, 2.05) is 0 Å². The van der Waals surface area contributed by atoms with E-state index in [0.29, 0.717) is 0 Å². The summed E-state index contributed by atoms with van der Waals surface area (Å²) in [5, 5.41) is 233. The third-order valence-corrected chi connectivity index (χ3v) is 18.5. The summed E-state index contributed by atoms with van der Waals surface area (Å²) >= 11 is 0. The fraction of sp³-hybridized carbons (Fsp3) is 0.910. The summed E-state index contributed by atoms with van der Waals surface area (Å²) in [4.78, 5) is 0. The zero-order valence-corrected chi connectivity index (χ0v) is 65.6. The van der Waals surface area contributed by atoms with Crippen molar-refractivity contribution in [3.8, 4) is 0 Å². The van der Waals surface area contributed by atoms with E-state index in [1.54, 1.807) is 0 Å². The van der Waals surface area contributed by atoms with Crippen molar-refractivity contribution in [3.05, 3.63) is 33.4 Å². The van der Waals surface area contributed by atoms with Gasteiger partial charge in [-0.15, -0.1) is 0 Å². The molecule has 0 aliphatic heterocycles. The van der Waals surface area contributed by atoms with Crippen LogP contribution in [-0.4, -0.2) is 455 Å². The Morgan fingerprint density at radius 2 is 0.294 bits per heavy atom. The molecule has 12 atom stereocenters.